The highest BCUT2D eigenvalue weighted by Crippen LogP contribution is 2.34. The van der Waals surface area contributed by atoms with Crippen LogP contribution in [0, 0.1) is 0 Å². The molecular formula is C16H17NO2S. The monoisotopic (exact) mass is 287 g/mol. The molecule has 0 fully saturated rings. The summed E-state index contributed by atoms with van der Waals surface area (Å²) in [6.45, 7) is 6.49. The predicted octanol–water partition coefficient (Wildman–Crippen LogP) is 4.86. The molecule has 3 nitrogen and oxygen atoms in total. The molecule has 3 rings (SSSR count). The highest BCUT2D eigenvalue weighted by atomic mass is 32.1. The van der Waals surface area contributed by atoms with E-state index in [1.54, 1.807) is 18.4 Å². The summed E-state index contributed by atoms with van der Waals surface area (Å²) in [4.78, 5) is 4.68. The van der Waals surface area contributed by atoms with Gasteiger partial charge >= 0.3 is 0 Å². The van der Waals surface area contributed by atoms with Crippen LogP contribution in [0.3, 0.4) is 0 Å². The van der Waals surface area contributed by atoms with Crippen molar-refractivity contribution in [2.75, 3.05) is 7.11 Å². The maximum absolute atomic E-state index is 5.87. The summed E-state index contributed by atoms with van der Waals surface area (Å²) in [6, 6.07) is 7.82. The maximum atomic E-state index is 5.87. The van der Waals surface area contributed by atoms with E-state index < -0.39 is 0 Å². The van der Waals surface area contributed by atoms with Crippen LogP contribution in [0.1, 0.15) is 26.5 Å². The van der Waals surface area contributed by atoms with Crippen LogP contribution in [0.4, 0.5) is 0 Å². The minimum atomic E-state index is 0.0595. The van der Waals surface area contributed by atoms with Crippen LogP contribution in [0.2, 0.25) is 0 Å². The molecule has 0 amide bonds. The molecule has 4 heteroatoms. The molecule has 0 saturated carbocycles. The molecule has 0 aliphatic heterocycles. The van der Waals surface area contributed by atoms with Gasteiger partial charge < -0.3 is 9.15 Å². The minimum absolute atomic E-state index is 0.0595. The van der Waals surface area contributed by atoms with Crippen molar-refractivity contribution in [3.8, 4) is 16.5 Å². The van der Waals surface area contributed by atoms with Crippen molar-refractivity contribution in [2.45, 2.75) is 26.2 Å². The topological polar surface area (TPSA) is 35.3 Å². The number of ether oxygens (including phenoxy) is 1. The van der Waals surface area contributed by atoms with Gasteiger partial charge in [0.2, 0.25) is 0 Å². The second kappa shape index (κ2) is 4.63. The molecule has 0 aliphatic rings. The number of furan rings is 1. The van der Waals surface area contributed by atoms with E-state index in [-0.39, 0.29) is 5.41 Å². The van der Waals surface area contributed by atoms with Crippen LogP contribution in [-0.2, 0) is 5.41 Å². The third kappa shape index (κ3) is 2.31. The Morgan fingerprint density at radius 3 is 2.65 bits per heavy atom. The Labute approximate surface area is 122 Å². The maximum Gasteiger partial charge on any atom is 0.164 e. The van der Waals surface area contributed by atoms with E-state index in [1.807, 2.05) is 24.3 Å². The largest absolute Gasteiger partial charge is 0.497 e. The summed E-state index contributed by atoms with van der Waals surface area (Å²) in [5, 5.41) is 4.06. The Kier molecular flexibility index (Phi) is 3.05. The Hall–Kier alpha value is -1.81. The molecule has 0 radical (unpaired) electrons. The predicted molar refractivity (Wildman–Crippen MR) is 82.6 cm³/mol. The van der Waals surface area contributed by atoms with Gasteiger partial charge in [0, 0.05) is 16.2 Å². The fraction of sp³-hybridized carbons (Fsp3) is 0.312. The molecular weight excluding hydrogens is 270 g/mol. The standard InChI is InChI=1S/C16H17NO2S/c1-16(2,3)14-9-20-15(17-14)13-8-10-7-11(18-4)5-6-12(10)19-13/h5-9H,1-4H3. The molecule has 2 heterocycles. The lowest BCUT2D eigenvalue weighted by Crippen LogP contribution is -2.11. The van der Waals surface area contributed by atoms with Crippen molar-refractivity contribution in [1.82, 2.24) is 4.98 Å². The van der Waals surface area contributed by atoms with E-state index in [4.69, 9.17) is 9.15 Å². The summed E-state index contributed by atoms with van der Waals surface area (Å²) in [5.74, 6) is 1.65. The molecule has 0 bridgehead atoms. The van der Waals surface area contributed by atoms with E-state index in [2.05, 4.69) is 31.1 Å². The van der Waals surface area contributed by atoms with Gasteiger partial charge in [0.25, 0.3) is 0 Å². The molecule has 20 heavy (non-hydrogen) atoms. The number of benzene rings is 1. The van der Waals surface area contributed by atoms with Crippen LogP contribution in [0.15, 0.2) is 34.1 Å². The zero-order valence-corrected chi connectivity index (χ0v) is 12.9. The highest BCUT2D eigenvalue weighted by Gasteiger charge is 2.19. The third-order valence-corrected chi connectivity index (χ3v) is 4.06. The van der Waals surface area contributed by atoms with Gasteiger partial charge in [-0.25, -0.2) is 4.98 Å². The minimum Gasteiger partial charge on any atom is -0.497 e. The first kappa shape index (κ1) is 13.2. The highest BCUT2D eigenvalue weighted by molar-refractivity contribution is 7.13. The van der Waals surface area contributed by atoms with Gasteiger partial charge in [0.15, 0.2) is 10.8 Å². The van der Waals surface area contributed by atoms with E-state index >= 15 is 0 Å². The van der Waals surface area contributed by atoms with Gasteiger partial charge in [-0.15, -0.1) is 11.3 Å². The average Bonchev–Trinajstić information content (AvgIpc) is 3.03. The summed E-state index contributed by atoms with van der Waals surface area (Å²) in [7, 11) is 1.67. The first-order valence-electron chi connectivity index (χ1n) is 6.51. The van der Waals surface area contributed by atoms with Gasteiger partial charge in [-0.2, -0.15) is 0 Å². The molecule has 0 saturated heterocycles. The Balaban J connectivity index is 2.04. The lowest BCUT2D eigenvalue weighted by atomic mass is 9.93. The Morgan fingerprint density at radius 2 is 2.00 bits per heavy atom. The summed E-state index contributed by atoms with van der Waals surface area (Å²) < 4.78 is 11.1. The first-order chi connectivity index (χ1) is 9.47. The van der Waals surface area contributed by atoms with Crippen LogP contribution in [-0.4, -0.2) is 12.1 Å². The smallest absolute Gasteiger partial charge is 0.164 e. The number of hydrogen-bond donors (Lipinski definition) is 0. The fourth-order valence-corrected chi connectivity index (χ4v) is 2.98. The van der Waals surface area contributed by atoms with E-state index in [0.29, 0.717) is 0 Å². The number of nitrogens with zero attached hydrogens (tertiary/aromatic N) is 1. The van der Waals surface area contributed by atoms with E-state index in [1.165, 1.54) is 0 Å². The van der Waals surface area contributed by atoms with E-state index in [0.717, 1.165) is 33.2 Å². The normalized spacial score (nSPS) is 12.0. The Bertz CT molecular complexity index is 749. The first-order valence-corrected chi connectivity index (χ1v) is 7.39. The number of hydrogen-bond acceptors (Lipinski definition) is 4. The molecule has 0 aliphatic carbocycles. The average molecular weight is 287 g/mol. The van der Waals surface area contributed by atoms with E-state index in [9.17, 15) is 0 Å². The lowest BCUT2D eigenvalue weighted by molar-refractivity contribution is 0.415. The van der Waals surface area contributed by atoms with Crippen LogP contribution in [0.25, 0.3) is 21.7 Å². The summed E-state index contributed by atoms with van der Waals surface area (Å²) >= 11 is 1.62. The van der Waals surface area contributed by atoms with Gasteiger partial charge in [-0.3, -0.25) is 0 Å². The van der Waals surface area contributed by atoms with Crippen LogP contribution < -0.4 is 4.74 Å². The molecule has 1 aromatic carbocycles. The van der Waals surface area contributed by atoms with Crippen molar-refractivity contribution < 1.29 is 9.15 Å². The number of rotatable bonds is 2. The Morgan fingerprint density at radius 1 is 1.20 bits per heavy atom. The fourth-order valence-electron chi connectivity index (χ4n) is 1.99. The molecule has 2 aromatic heterocycles. The zero-order chi connectivity index (χ0) is 14.3. The molecule has 0 unspecified atom stereocenters. The molecule has 3 aromatic rings. The van der Waals surface area contributed by atoms with Crippen LogP contribution in [0.5, 0.6) is 5.75 Å². The third-order valence-electron chi connectivity index (χ3n) is 3.21. The van der Waals surface area contributed by atoms with Gasteiger partial charge in [-0.05, 0) is 24.3 Å². The number of aromatic nitrogens is 1. The summed E-state index contributed by atoms with van der Waals surface area (Å²) in [6.07, 6.45) is 0. The SMILES string of the molecule is COc1ccc2oc(-c3nc(C(C)(C)C)cs3)cc2c1. The molecule has 104 valence electrons. The molecule has 0 spiro atoms. The van der Waals surface area contributed by atoms with Crippen LogP contribution >= 0.6 is 11.3 Å². The second-order valence-electron chi connectivity index (χ2n) is 5.80. The van der Waals surface area contributed by atoms with Gasteiger partial charge in [-0.1, -0.05) is 20.8 Å². The molecule has 0 N–H and O–H groups in total. The van der Waals surface area contributed by atoms with Crippen molar-refractivity contribution in [3.63, 3.8) is 0 Å². The number of fused-ring (bicyclic) bond motifs is 1. The van der Waals surface area contributed by atoms with Gasteiger partial charge in [0.1, 0.15) is 11.3 Å². The van der Waals surface area contributed by atoms with Crippen molar-refractivity contribution in [1.29, 1.82) is 0 Å². The van der Waals surface area contributed by atoms with Crippen molar-refractivity contribution >= 4 is 22.3 Å². The zero-order valence-electron chi connectivity index (χ0n) is 12.1. The second-order valence-corrected chi connectivity index (χ2v) is 6.66. The molecule has 0 atom stereocenters. The van der Waals surface area contributed by atoms with Crippen molar-refractivity contribution in [3.05, 3.63) is 35.3 Å². The number of methoxy groups -OCH3 is 1. The quantitative estimate of drug-likeness (QED) is 0.675. The van der Waals surface area contributed by atoms with Crippen molar-refractivity contribution in [2.24, 2.45) is 0 Å². The lowest BCUT2D eigenvalue weighted by Gasteiger charge is -2.13. The number of thiazole rings is 1. The van der Waals surface area contributed by atoms with Gasteiger partial charge in [0.05, 0.1) is 12.8 Å². The summed E-state index contributed by atoms with van der Waals surface area (Å²) in [5.41, 5.74) is 2.01.